The van der Waals surface area contributed by atoms with Crippen molar-refractivity contribution < 1.29 is 0 Å². The molecule has 1 nitrogen and oxygen atoms in total. The molecule has 2 rings (SSSR count). The highest BCUT2D eigenvalue weighted by Crippen LogP contribution is 2.31. The lowest BCUT2D eigenvalue weighted by atomic mass is 10.1. The van der Waals surface area contributed by atoms with Gasteiger partial charge in [0.05, 0.1) is 0 Å². The Morgan fingerprint density at radius 2 is 2.24 bits per heavy atom. The topological polar surface area (TPSA) is 12.0 Å². The molecule has 0 bridgehead atoms. The largest absolute Gasteiger partial charge is 0.312 e. The first-order valence-electron chi connectivity index (χ1n) is 5.94. The zero-order valence-electron chi connectivity index (χ0n) is 10.1. The summed E-state index contributed by atoms with van der Waals surface area (Å²) in [5, 5.41) is 4.72. The van der Waals surface area contributed by atoms with Crippen LogP contribution in [-0.4, -0.2) is 7.05 Å². The molecule has 2 aromatic rings. The molecule has 0 amide bonds. The van der Waals surface area contributed by atoms with Crippen LogP contribution in [0.5, 0.6) is 0 Å². The molecule has 17 heavy (non-hydrogen) atoms. The van der Waals surface area contributed by atoms with E-state index >= 15 is 0 Å². The predicted octanol–water partition coefficient (Wildman–Crippen LogP) is 3.97. The Kier molecular flexibility index (Phi) is 4.19. The highest BCUT2D eigenvalue weighted by Gasteiger charge is 2.11. The van der Waals surface area contributed by atoms with Gasteiger partial charge in [-0.2, -0.15) is 0 Å². The Hall–Kier alpha value is -1.30. The van der Waals surface area contributed by atoms with Gasteiger partial charge >= 0.3 is 0 Å². The monoisotopic (exact) mass is 243 g/mol. The van der Waals surface area contributed by atoms with Gasteiger partial charge in [-0.25, -0.2) is 0 Å². The highest BCUT2D eigenvalue weighted by atomic mass is 32.1. The molecule has 0 radical (unpaired) electrons. The van der Waals surface area contributed by atoms with Gasteiger partial charge in [0.15, 0.2) is 0 Å². The van der Waals surface area contributed by atoms with Crippen molar-refractivity contribution in [2.24, 2.45) is 0 Å². The average molecular weight is 243 g/mol. The smallest absolute Gasteiger partial charge is 0.0413 e. The van der Waals surface area contributed by atoms with Gasteiger partial charge in [0.1, 0.15) is 0 Å². The van der Waals surface area contributed by atoms with Crippen molar-refractivity contribution in [3.8, 4) is 12.3 Å². The van der Waals surface area contributed by atoms with Crippen molar-refractivity contribution in [2.75, 3.05) is 7.05 Å². The van der Waals surface area contributed by atoms with Gasteiger partial charge < -0.3 is 5.32 Å². The molecule has 0 fully saturated rings. The maximum atomic E-state index is 5.29. The van der Waals surface area contributed by atoms with Crippen LogP contribution < -0.4 is 5.32 Å². The molecular weight excluding hydrogens is 226 g/mol. The van der Waals surface area contributed by atoms with Gasteiger partial charge in [-0.1, -0.05) is 18.2 Å². The Labute approximate surface area is 107 Å². The maximum absolute atomic E-state index is 5.29. The van der Waals surface area contributed by atoms with Crippen LogP contribution in [0.3, 0.4) is 0 Å². The lowest BCUT2D eigenvalue weighted by molar-refractivity contribution is 0.540. The zero-order valence-corrected chi connectivity index (χ0v) is 10.9. The number of hydrogen-bond acceptors (Lipinski definition) is 2. The van der Waals surface area contributed by atoms with Crippen LogP contribution in [0, 0.1) is 12.3 Å². The summed E-state index contributed by atoms with van der Waals surface area (Å²) in [5.41, 5.74) is 0. The Balaban J connectivity index is 2.16. The molecule has 1 unspecified atom stereocenters. The van der Waals surface area contributed by atoms with Gasteiger partial charge in [-0.15, -0.1) is 23.7 Å². The second kappa shape index (κ2) is 5.86. The summed E-state index contributed by atoms with van der Waals surface area (Å²) in [6.45, 7) is 0. The van der Waals surface area contributed by atoms with E-state index in [1.165, 1.54) is 15.0 Å². The van der Waals surface area contributed by atoms with Crippen molar-refractivity contribution in [3.05, 3.63) is 35.2 Å². The van der Waals surface area contributed by atoms with Crippen molar-refractivity contribution in [3.63, 3.8) is 0 Å². The molecular formula is C15H17NS. The molecule has 0 aliphatic heterocycles. The number of unbranched alkanes of at least 4 members (excludes halogenated alkanes) is 1. The molecule has 1 aromatic heterocycles. The van der Waals surface area contributed by atoms with E-state index < -0.39 is 0 Å². The quantitative estimate of drug-likeness (QED) is 0.619. The van der Waals surface area contributed by atoms with Crippen LogP contribution in [-0.2, 0) is 0 Å². The average Bonchev–Trinajstić information content (AvgIpc) is 2.78. The van der Waals surface area contributed by atoms with Crippen LogP contribution in [0.4, 0.5) is 0 Å². The fourth-order valence-corrected chi connectivity index (χ4v) is 3.22. The summed E-state index contributed by atoms with van der Waals surface area (Å²) < 4.78 is 1.36. The third kappa shape index (κ3) is 2.88. The summed E-state index contributed by atoms with van der Waals surface area (Å²) >= 11 is 1.87. The van der Waals surface area contributed by atoms with Crippen LogP contribution in [0.2, 0.25) is 0 Å². The third-order valence-corrected chi connectivity index (χ3v) is 4.18. The van der Waals surface area contributed by atoms with Crippen LogP contribution in [0.25, 0.3) is 10.1 Å². The van der Waals surface area contributed by atoms with Crippen LogP contribution >= 0.6 is 11.3 Å². The first-order valence-corrected chi connectivity index (χ1v) is 6.76. The predicted molar refractivity (Wildman–Crippen MR) is 76.3 cm³/mol. The highest BCUT2D eigenvalue weighted by molar-refractivity contribution is 7.19. The molecule has 0 aliphatic rings. The number of hydrogen-bond donors (Lipinski definition) is 1. The molecule has 0 saturated heterocycles. The van der Waals surface area contributed by atoms with Crippen molar-refractivity contribution in [1.82, 2.24) is 5.32 Å². The number of rotatable bonds is 5. The molecule has 1 aromatic carbocycles. The van der Waals surface area contributed by atoms with Crippen LogP contribution in [0.15, 0.2) is 30.3 Å². The van der Waals surface area contributed by atoms with Gasteiger partial charge in [0.25, 0.3) is 0 Å². The minimum atomic E-state index is 0.431. The maximum Gasteiger partial charge on any atom is 0.0413 e. The van der Waals surface area contributed by atoms with E-state index in [4.69, 9.17) is 6.42 Å². The SMILES string of the molecule is C#CCCCC(NC)c1cc2ccccc2s1. The molecule has 0 aliphatic carbocycles. The number of fused-ring (bicyclic) bond motifs is 1. The summed E-state index contributed by atoms with van der Waals surface area (Å²) in [5.74, 6) is 2.70. The first kappa shape index (κ1) is 12.2. The molecule has 1 heterocycles. The van der Waals surface area contributed by atoms with Gasteiger partial charge in [0, 0.05) is 22.0 Å². The van der Waals surface area contributed by atoms with Gasteiger partial charge in [-0.05, 0) is 37.4 Å². The van der Waals surface area contributed by atoms with E-state index in [1.54, 1.807) is 0 Å². The number of terminal acetylenes is 1. The molecule has 2 heteroatoms. The van der Waals surface area contributed by atoms with E-state index in [1.807, 2.05) is 18.4 Å². The van der Waals surface area contributed by atoms with E-state index in [2.05, 4.69) is 41.6 Å². The lowest BCUT2D eigenvalue weighted by Gasteiger charge is -2.13. The summed E-state index contributed by atoms with van der Waals surface area (Å²) in [4.78, 5) is 1.41. The Morgan fingerprint density at radius 3 is 2.94 bits per heavy atom. The molecule has 1 atom stereocenters. The first-order chi connectivity index (χ1) is 8.35. The Morgan fingerprint density at radius 1 is 1.41 bits per heavy atom. The summed E-state index contributed by atoms with van der Waals surface area (Å²) in [6.07, 6.45) is 8.34. The second-order valence-corrected chi connectivity index (χ2v) is 5.24. The minimum absolute atomic E-state index is 0.431. The van der Waals surface area contributed by atoms with E-state index in [0.717, 1.165) is 19.3 Å². The second-order valence-electron chi connectivity index (χ2n) is 4.12. The molecule has 0 saturated carbocycles. The third-order valence-electron chi connectivity index (χ3n) is 2.95. The molecule has 0 spiro atoms. The van der Waals surface area contributed by atoms with Gasteiger partial charge in [-0.3, -0.25) is 0 Å². The summed E-state index contributed by atoms with van der Waals surface area (Å²) in [6, 6.07) is 11.2. The lowest BCUT2D eigenvalue weighted by Crippen LogP contribution is -2.14. The van der Waals surface area contributed by atoms with Crippen molar-refractivity contribution >= 4 is 21.4 Å². The zero-order chi connectivity index (χ0) is 12.1. The normalized spacial score (nSPS) is 12.5. The van der Waals surface area contributed by atoms with Crippen LogP contribution in [0.1, 0.15) is 30.2 Å². The number of benzene rings is 1. The van der Waals surface area contributed by atoms with Crippen molar-refractivity contribution in [1.29, 1.82) is 0 Å². The number of nitrogens with one attached hydrogen (secondary N) is 1. The summed E-state index contributed by atoms with van der Waals surface area (Å²) in [7, 11) is 2.02. The van der Waals surface area contributed by atoms with E-state index in [0.29, 0.717) is 6.04 Å². The van der Waals surface area contributed by atoms with Crippen molar-refractivity contribution in [2.45, 2.75) is 25.3 Å². The molecule has 1 N–H and O–H groups in total. The van der Waals surface area contributed by atoms with Gasteiger partial charge in [0.2, 0.25) is 0 Å². The standard InChI is InChI=1S/C15H17NS/c1-3-4-5-9-13(16-2)15-11-12-8-6-7-10-14(12)17-15/h1,6-8,10-11,13,16H,4-5,9H2,2H3. The fourth-order valence-electron chi connectivity index (χ4n) is 2.01. The number of thiophene rings is 1. The minimum Gasteiger partial charge on any atom is -0.312 e. The van der Waals surface area contributed by atoms with E-state index in [9.17, 15) is 0 Å². The fraction of sp³-hybridized carbons (Fsp3) is 0.333. The Bertz CT molecular complexity index is 488. The molecule has 88 valence electrons. The van der Waals surface area contributed by atoms with E-state index in [-0.39, 0.29) is 0 Å².